The summed E-state index contributed by atoms with van der Waals surface area (Å²) in [6.07, 6.45) is 1.68. The third kappa shape index (κ3) is 4.09. The van der Waals surface area contributed by atoms with Crippen molar-refractivity contribution in [2.75, 3.05) is 0 Å². The molecule has 2 atom stereocenters. The lowest BCUT2D eigenvalue weighted by atomic mass is 9.91. The van der Waals surface area contributed by atoms with E-state index in [2.05, 4.69) is 139 Å². The second-order valence-electron chi connectivity index (χ2n) is 13.4. The molecule has 0 aromatic heterocycles. The second kappa shape index (κ2) is 9.26. The van der Waals surface area contributed by atoms with Gasteiger partial charge >= 0.3 is 0 Å². The number of benzene rings is 2. The van der Waals surface area contributed by atoms with E-state index in [1.54, 1.807) is 0 Å². The highest BCUT2D eigenvalue weighted by atomic mass is 16.7. The Bertz CT molecular complexity index is 1080. The molecule has 5 rings (SSSR count). The fourth-order valence-corrected chi connectivity index (χ4v) is 7.38. The molecule has 0 unspecified atom stereocenters. The summed E-state index contributed by atoms with van der Waals surface area (Å²) in [4.78, 5) is 13.0. The summed E-state index contributed by atoms with van der Waals surface area (Å²) >= 11 is 0. The molecule has 0 spiro atoms. The van der Waals surface area contributed by atoms with E-state index < -0.39 is 0 Å². The highest BCUT2D eigenvalue weighted by Crippen LogP contribution is 2.49. The Hall–Kier alpha value is -2.06. The lowest BCUT2D eigenvalue weighted by Crippen LogP contribution is -2.55. The summed E-state index contributed by atoms with van der Waals surface area (Å²) in [5, 5.41) is 4.51. The molecule has 38 heavy (non-hydrogen) atoms. The summed E-state index contributed by atoms with van der Waals surface area (Å²) in [6.45, 7) is 22.3. The maximum Gasteiger partial charge on any atom is 0.105 e. The summed E-state index contributed by atoms with van der Waals surface area (Å²) in [6, 6.07) is 17.4. The first-order valence-corrected chi connectivity index (χ1v) is 14.0. The standard InChI is InChI=1S/C32H46N4O2/c1-21(2)28-26(37-33-35-29(3,4)22-15-11-12-16-23(22)30(35,5)6)19-20-27(28)38-34-36-31(7,8)24-17-13-14-18-25(24)32(36,9)10/h11-18,26-27,33-34H,19-20H2,1-10H3/t26-,27-/m0/s1. The summed E-state index contributed by atoms with van der Waals surface area (Å²) in [5.74, 6) is 0. The van der Waals surface area contributed by atoms with Crippen molar-refractivity contribution in [3.63, 3.8) is 0 Å². The maximum absolute atomic E-state index is 6.49. The minimum absolute atomic E-state index is 0.0566. The van der Waals surface area contributed by atoms with Gasteiger partial charge in [0.2, 0.25) is 0 Å². The van der Waals surface area contributed by atoms with Crippen LogP contribution in [0, 0.1) is 0 Å². The van der Waals surface area contributed by atoms with Crippen LogP contribution in [0.15, 0.2) is 59.7 Å². The normalized spacial score (nSPS) is 26.9. The molecule has 206 valence electrons. The monoisotopic (exact) mass is 518 g/mol. The molecule has 1 aliphatic carbocycles. The molecular formula is C32H46N4O2. The highest BCUT2D eigenvalue weighted by Gasteiger charge is 2.51. The van der Waals surface area contributed by atoms with Crippen LogP contribution in [-0.4, -0.2) is 22.2 Å². The zero-order valence-electron chi connectivity index (χ0n) is 24.9. The molecule has 3 aliphatic rings. The molecule has 2 aromatic rings. The topological polar surface area (TPSA) is 49.0 Å². The Kier molecular flexibility index (Phi) is 6.70. The molecule has 0 saturated heterocycles. The zero-order valence-corrected chi connectivity index (χ0v) is 24.9. The van der Waals surface area contributed by atoms with Gasteiger partial charge in [0.25, 0.3) is 0 Å². The Morgan fingerprint density at radius 1 is 0.605 bits per heavy atom. The van der Waals surface area contributed by atoms with Gasteiger partial charge in [-0.05, 0) is 110 Å². The number of fused-ring (bicyclic) bond motifs is 2. The van der Waals surface area contributed by atoms with E-state index in [0.717, 1.165) is 12.8 Å². The van der Waals surface area contributed by atoms with E-state index in [9.17, 15) is 0 Å². The van der Waals surface area contributed by atoms with Crippen molar-refractivity contribution in [2.24, 2.45) is 0 Å². The van der Waals surface area contributed by atoms with Crippen molar-refractivity contribution < 1.29 is 9.68 Å². The fourth-order valence-electron chi connectivity index (χ4n) is 7.38. The summed E-state index contributed by atoms with van der Waals surface area (Å²) in [5.41, 5.74) is 13.8. The molecule has 2 aliphatic heterocycles. The first-order chi connectivity index (χ1) is 17.7. The minimum atomic E-state index is -0.205. The lowest BCUT2D eigenvalue weighted by Gasteiger charge is -2.41. The second-order valence-corrected chi connectivity index (χ2v) is 13.4. The smallest absolute Gasteiger partial charge is 0.105 e. The van der Waals surface area contributed by atoms with Gasteiger partial charge in [-0.3, -0.25) is 9.68 Å². The van der Waals surface area contributed by atoms with Crippen LogP contribution >= 0.6 is 0 Å². The van der Waals surface area contributed by atoms with E-state index in [1.165, 1.54) is 33.4 Å². The first-order valence-electron chi connectivity index (χ1n) is 14.0. The van der Waals surface area contributed by atoms with Gasteiger partial charge < -0.3 is 0 Å². The van der Waals surface area contributed by atoms with Crippen LogP contribution in [0.1, 0.15) is 104 Å². The first kappa shape index (κ1) is 27.5. The predicted octanol–water partition coefficient (Wildman–Crippen LogP) is 6.70. The summed E-state index contributed by atoms with van der Waals surface area (Å²) < 4.78 is 0. The Morgan fingerprint density at radius 3 is 1.16 bits per heavy atom. The average Bonchev–Trinajstić information content (AvgIpc) is 3.37. The van der Waals surface area contributed by atoms with Crippen LogP contribution in [0.4, 0.5) is 0 Å². The molecule has 0 radical (unpaired) electrons. The third-order valence-electron chi connectivity index (χ3n) is 9.26. The molecule has 0 amide bonds. The SMILES string of the molecule is CC(C)=C1[C@@H](ONN2C(C)(C)c3ccccc3C2(C)C)CC[C@@H]1ONN1C(C)(C)c2ccccc2C1(C)C. The summed E-state index contributed by atoms with van der Waals surface area (Å²) in [7, 11) is 0. The van der Waals surface area contributed by atoms with Crippen LogP contribution in [0.25, 0.3) is 0 Å². The number of allylic oxidation sites excluding steroid dienone is 1. The van der Waals surface area contributed by atoms with Crippen molar-refractivity contribution in [1.82, 2.24) is 21.2 Å². The maximum atomic E-state index is 6.49. The van der Waals surface area contributed by atoms with Crippen LogP contribution in [0.5, 0.6) is 0 Å². The Balaban J connectivity index is 1.29. The zero-order chi connectivity index (χ0) is 27.7. The lowest BCUT2D eigenvalue weighted by molar-refractivity contribution is -0.187. The number of hydrazine groups is 2. The van der Waals surface area contributed by atoms with E-state index in [0.29, 0.717) is 0 Å². The number of rotatable bonds is 6. The Labute approximate surface area is 229 Å². The number of hydrogen-bond acceptors (Lipinski definition) is 6. The fraction of sp³-hybridized carbons (Fsp3) is 0.562. The molecule has 2 aromatic carbocycles. The minimum Gasteiger partial charge on any atom is -0.279 e. The highest BCUT2D eigenvalue weighted by molar-refractivity contribution is 5.43. The van der Waals surface area contributed by atoms with E-state index in [4.69, 9.17) is 9.68 Å². The number of nitrogens with zero attached hydrogens (tertiary/aromatic N) is 2. The van der Waals surface area contributed by atoms with Crippen molar-refractivity contribution in [1.29, 1.82) is 0 Å². The third-order valence-corrected chi connectivity index (χ3v) is 9.26. The van der Waals surface area contributed by atoms with Crippen LogP contribution < -0.4 is 11.2 Å². The number of nitrogens with one attached hydrogen (secondary N) is 2. The molecule has 2 heterocycles. The number of hydrogen-bond donors (Lipinski definition) is 2. The largest absolute Gasteiger partial charge is 0.279 e. The van der Waals surface area contributed by atoms with Gasteiger partial charge in [0, 0.05) is 0 Å². The Morgan fingerprint density at radius 2 is 0.895 bits per heavy atom. The molecular weight excluding hydrogens is 472 g/mol. The van der Waals surface area contributed by atoms with Gasteiger partial charge in [-0.2, -0.15) is 0 Å². The average molecular weight is 519 g/mol. The van der Waals surface area contributed by atoms with Crippen molar-refractivity contribution in [3.05, 3.63) is 81.9 Å². The van der Waals surface area contributed by atoms with Gasteiger partial charge in [0.15, 0.2) is 0 Å². The van der Waals surface area contributed by atoms with E-state index in [1.807, 2.05) is 0 Å². The predicted molar refractivity (Wildman–Crippen MR) is 152 cm³/mol. The molecule has 1 fully saturated rings. The van der Waals surface area contributed by atoms with Crippen molar-refractivity contribution in [3.8, 4) is 0 Å². The van der Waals surface area contributed by atoms with Gasteiger partial charge in [0.1, 0.15) is 12.2 Å². The quantitative estimate of drug-likeness (QED) is 0.328. The van der Waals surface area contributed by atoms with E-state index >= 15 is 0 Å². The van der Waals surface area contributed by atoms with Crippen LogP contribution in [0.3, 0.4) is 0 Å². The van der Waals surface area contributed by atoms with Gasteiger partial charge in [-0.15, -0.1) is 11.2 Å². The van der Waals surface area contributed by atoms with Gasteiger partial charge in [-0.25, -0.2) is 10.0 Å². The van der Waals surface area contributed by atoms with Crippen LogP contribution in [-0.2, 0) is 31.8 Å². The van der Waals surface area contributed by atoms with Gasteiger partial charge in [-0.1, -0.05) is 54.1 Å². The molecule has 6 heteroatoms. The van der Waals surface area contributed by atoms with Gasteiger partial charge in [0.05, 0.1) is 22.2 Å². The molecule has 2 N–H and O–H groups in total. The van der Waals surface area contributed by atoms with Crippen molar-refractivity contribution >= 4 is 0 Å². The molecule has 6 nitrogen and oxygen atoms in total. The van der Waals surface area contributed by atoms with Crippen molar-refractivity contribution in [2.45, 2.75) is 116 Å². The van der Waals surface area contributed by atoms with E-state index in [-0.39, 0.29) is 34.4 Å². The molecule has 1 saturated carbocycles. The van der Waals surface area contributed by atoms with Crippen LogP contribution in [0.2, 0.25) is 0 Å². The molecule has 0 bridgehead atoms.